The predicted octanol–water partition coefficient (Wildman–Crippen LogP) is 4.16. The van der Waals surface area contributed by atoms with Crippen molar-refractivity contribution in [1.82, 2.24) is 4.98 Å². The molecular formula is C17H18ClN3O3. The van der Waals surface area contributed by atoms with Crippen molar-refractivity contribution in [2.45, 2.75) is 20.5 Å². The first kappa shape index (κ1) is 17.7. The van der Waals surface area contributed by atoms with Crippen molar-refractivity contribution in [2.75, 3.05) is 12.4 Å². The molecule has 1 heterocycles. The highest BCUT2D eigenvalue weighted by atomic mass is 35.5. The third-order valence-electron chi connectivity index (χ3n) is 3.17. The fourth-order valence-corrected chi connectivity index (χ4v) is 2.10. The fraction of sp³-hybridized carbons (Fsp3) is 0.235. The number of halogens is 1. The third-order valence-corrected chi connectivity index (χ3v) is 3.50. The van der Waals surface area contributed by atoms with E-state index in [-0.39, 0.29) is 6.61 Å². The number of carbonyl (C=O) groups is 1. The van der Waals surface area contributed by atoms with E-state index in [0.29, 0.717) is 16.4 Å². The molecule has 1 aromatic carbocycles. The first-order chi connectivity index (χ1) is 11.5. The number of nitrogens with one attached hydrogen (secondary N) is 1. The highest BCUT2D eigenvalue weighted by Crippen LogP contribution is 2.23. The summed E-state index contributed by atoms with van der Waals surface area (Å²) in [6.07, 6.45) is -0.592. The molecule has 6 nitrogen and oxygen atoms in total. The van der Waals surface area contributed by atoms with Crippen LogP contribution in [0.5, 0.6) is 0 Å². The van der Waals surface area contributed by atoms with Gasteiger partial charge in [0.2, 0.25) is 0 Å². The number of carbonyl (C=O) groups excluding carboxylic acids is 1. The van der Waals surface area contributed by atoms with Crippen LogP contribution < -0.4 is 5.32 Å². The van der Waals surface area contributed by atoms with Gasteiger partial charge in [-0.3, -0.25) is 10.3 Å². The number of benzene rings is 1. The Morgan fingerprint density at radius 2 is 2.12 bits per heavy atom. The van der Waals surface area contributed by atoms with Crippen LogP contribution in [-0.4, -0.2) is 23.9 Å². The number of hydrogen-bond acceptors (Lipinski definition) is 5. The molecule has 0 aliphatic heterocycles. The van der Waals surface area contributed by atoms with Crippen molar-refractivity contribution in [3.8, 4) is 0 Å². The number of aromatic nitrogens is 1. The number of aryl methyl sites for hydroxylation is 1. The van der Waals surface area contributed by atoms with Crippen molar-refractivity contribution in [3.05, 3.63) is 58.4 Å². The molecule has 0 aliphatic rings. The predicted molar refractivity (Wildman–Crippen MR) is 93.5 cm³/mol. The van der Waals surface area contributed by atoms with Crippen LogP contribution in [0.2, 0.25) is 5.02 Å². The lowest BCUT2D eigenvalue weighted by atomic mass is 10.1. The first-order valence-electron chi connectivity index (χ1n) is 7.23. The summed E-state index contributed by atoms with van der Waals surface area (Å²) in [6.45, 7) is 4.00. The molecule has 7 heteroatoms. The van der Waals surface area contributed by atoms with E-state index in [0.717, 1.165) is 17.0 Å². The molecule has 2 aromatic rings. The van der Waals surface area contributed by atoms with Crippen molar-refractivity contribution >= 4 is 29.1 Å². The molecule has 0 aliphatic carbocycles. The summed E-state index contributed by atoms with van der Waals surface area (Å²) in [5.41, 5.74) is 3.58. The van der Waals surface area contributed by atoms with Gasteiger partial charge < -0.3 is 9.57 Å². The second kappa shape index (κ2) is 8.31. The standard InChI is InChI=1S/C17H18ClN3O3/c1-11-5-4-6-14(19-11)10-24-21-12(2)13-7-8-15(18)16(9-13)20-17(22)23-3/h4-9H,10H2,1-3H3,(H,20,22)/b21-12-. The highest BCUT2D eigenvalue weighted by molar-refractivity contribution is 6.33. The Hall–Kier alpha value is -2.60. The van der Waals surface area contributed by atoms with E-state index in [2.05, 4.69) is 20.2 Å². The Kier molecular flexibility index (Phi) is 6.14. The third kappa shape index (κ3) is 4.96. The van der Waals surface area contributed by atoms with Gasteiger partial charge in [-0.05, 0) is 38.1 Å². The maximum atomic E-state index is 11.3. The summed E-state index contributed by atoms with van der Waals surface area (Å²) >= 11 is 6.05. The molecule has 0 fully saturated rings. The number of oxime groups is 1. The van der Waals surface area contributed by atoms with Crippen LogP contribution in [0, 0.1) is 6.92 Å². The number of nitrogens with zero attached hydrogens (tertiary/aromatic N) is 2. The van der Waals surface area contributed by atoms with Gasteiger partial charge in [-0.25, -0.2) is 4.79 Å². The van der Waals surface area contributed by atoms with Gasteiger partial charge >= 0.3 is 6.09 Å². The van der Waals surface area contributed by atoms with Crippen LogP contribution >= 0.6 is 11.6 Å². The number of hydrogen-bond donors (Lipinski definition) is 1. The average molecular weight is 348 g/mol. The topological polar surface area (TPSA) is 72.8 Å². The Labute approximate surface area is 145 Å². The van der Waals surface area contributed by atoms with Crippen LogP contribution in [0.15, 0.2) is 41.6 Å². The Balaban J connectivity index is 2.06. The van der Waals surface area contributed by atoms with Crippen LogP contribution in [-0.2, 0) is 16.2 Å². The number of methoxy groups -OCH3 is 1. The van der Waals surface area contributed by atoms with Crippen molar-refractivity contribution in [3.63, 3.8) is 0 Å². The van der Waals surface area contributed by atoms with Gasteiger partial charge in [0.05, 0.1) is 29.2 Å². The van der Waals surface area contributed by atoms with Crippen LogP contribution in [0.4, 0.5) is 10.5 Å². The molecule has 0 bridgehead atoms. The van der Waals surface area contributed by atoms with Gasteiger partial charge in [0.15, 0.2) is 6.61 Å². The maximum Gasteiger partial charge on any atom is 0.411 e. The zero-order chi connectivity index (χ0) is 17.5. The molecule has 0 radical (unpaired) electrons. The minimum absolute atomic E-state index is 0.278. The van der Waals surface area contributed by atoms with Crippen molar-refractivity contribution < 1.29 is 14.4 Å². The number of ether oxygens (including phenoxy) is 1. The number of anilines is 1. The monoisotopic (exact) mass is 347 g/mol. The van der Waals surface area contributed by atoms with Gasteiger partial charge in [-0.2, -0.15) is 0 Å². The van der Waals surface area contributed by atoms with E-state index in [9.17, 15) is 4.79 Å². The molecule has 2 rings (SSSR count). The summed E-state index contributed by atoms with van der Waals surface area (Å²) in [6, 6.07) is 10.9. The second-order valence-electron chi connectivity index (χ2n) is 5.03. The smallest absolute Gasteiger partial charge is 0.411 e. The number of pyridine rings is 1. The first-order valence-corrected chi connectivity index (χ1v) is 7.61. The van der Waals surface area contributed by atoms with E-state index < -0.39 is 6.09 Å². The van der Waals surface area contributed by atoms with Crippen molar-refractivity contribution in [2.24, 2.45) is 5.16 Å². The lowest BCUT2D eigenvalue weighted by molar-refractivity contribution is 0.127. The molecule has 1 amide bonds. The highest BCUT2D eigenvalue weighted by Gasteiger charge is 2.08. The molecule has 0 atom stereocenters. The minimum atomic E-state index is -0.592. The second-order valence-corrected chi connectivity index (χ2v) is 5.44. The largest absolute Gasteiger partial charge is 0.453 e. The van der Waals surface area contributed by atoms with E-state index in [1.807, 2.05) is 25.1 Å². The quantitative estimate of drug-likeness (QED) is 0.651. The fourth-order valence-electron chi connectivity index (χ4n) is 1.93. The van der Waals surface area contributed by atoms with E-state index in [4.69, 9.17) is 16.4 Å². The zero-order valence-electron chi connectivity index (χ0n) is 13.7. The van der Waals surface area contributed by atoms with Crippen LogP contribution in [0.3, 0.4) is 0 Å². The molecule has 24 heavy (non-hydrogen) atoms. The maximum absolute atomic E-state index is 11.3. The van der Waals surface area contributed by atoms with Crippen LogP contribution in [0.1, 0.15) is 23.9 Å². The van der Waals surface area contributed by atoms with Gasteiger partial charge in [0, 0.05) is 11.3 Å². The molecule has 0 saturated heterocycles. The van der Waals surface area contributed by atoms with E-state index in [1.54, 1.807) is 25.1 Å². The molecule has 0 spiro atoms. The average Bonchev–Trinajstić information content (AvgIpc) is 2.56. The zero-order valence-corrected chi connectivity index (χ0v) is 14.4. The Morgan fingerprint density at radius 3 is 2.83 bits per heavy atom. The van der Waals surface area contributed by atoms with E-state index in [1.165, 1.54) is 7.11 Å². The molecule has 0 saturated carbocycles. The summed E-state index contributed by atoms with van der Waals surface area (Å²) in [7, 11) is 1.28. The molecular weight excluding hydrogens is 330 g/mol. The Morgan fingerprint density at radius 1 is 1.33 bits per heavy atom. The van der Waals surface area contributed by atoms with Gasteiger partial charge in [0.1, 0.15) is 0 Å². The van der Waals surface area contributed by atoms with Crippen LogP contribution in [0.25, 0.3) is 0 Å². The van der Waals surface area contributed by atoms with E-state index >= 15 is 0 Å². The molecule has 1 aromatic heterocycles. The molecule has 0 unspecified atom stereocenters. The lowest BCUT2D eigenvalue weighted by Crippen LogP contribution is -2.12. The number of rotatable bonds is 5. The molecule has 1 N–H and O–H groups in total. The van der Waals surface area contributed by atoms with Gasteiger partial charge in [0.25, 0.3) is 0 Å². The summed E-state index contributed by atoms with van der Waals surface area (Å²) in [5, 5.41) is 7.03. The molecule has 126 valence electrons. The van der Waals surface area contributed by atoms with Crippen molar-refractivity contribution in [1.29, 1.82) is 0 Å². The summed E-state index contributed by atoms with van der Waals surface area (Å²) < 4.78 is 4.56. The summed E-state index contributed by atoms with van der Waals surface area (Å²) in [4.78, 5) is 21.0. The van der Waals surface area contributed by atoms with Gasteiger partial charge in [-0.15, -0.1) is 0 Å². The Bertz CT molecular complexity index is 762. The normalized spacial score (nSPS) is 11.1. The number of amides is 1. The SMILES string of the molecule is COC(=O)Nc1cc(/C(C)=N\OCc2cccc(C)n2)ccc1Cl. The summed E-state index contributed by atoms with van der Waals surface area (Å²) in [5.74, 6) is 0. The minimum Gasteiger partial charge on any atom is -0.453 e. The van der Waals surface area contributed by atoms with Gasteiger partial charge in [-0.1, -0.05) is 28.9 Å². The lowest BCUT2D eigenvalue weighted by Gasteiger charge is -2.08.